The largest absolute Gasteiger partial charge is 0.493 e. The Morgan fingerprint density at radius 2 is 1.51 bits per heavy atom. The molecule has 3 N–H and O–H groups in total. The van der Waals surface area contributed by atoms with Crippen LogP contribution in [0.1, 0.15) is 35.3 Å². The molecule has 14 heteroatoms. The number of hydrogen-bond donors (Lipinski definition) is 3. The zero-order chi connectivity index (χ0) is 37.5. The van der Waals surface area contributed by atoms with E-state index in [0.717, 1.165) is 10.8 Å². The summed E-state index contributed by atoms with van der Waals surface area (Å²) in [6.07, 6.45) is -5.08. The molecule has 5 aromatic carbocycles. The maximum Gasteiger partial charge on any atom is 0.490 e. The third-order valence-corrected chi connectivity index (χ3v) is 8.66. The van der Waals surface area contributed by atoms with Crippen LogP contribution in [0, 0.1) is 24.2 Å². The Bertz CT molecular complexity index is 2250. The van der Waals surface area contributed by atoms with Crippen LogP contribution in [0.3, 0.4) is 0 Å². The molecule has 0 radical (unpaired) electrons. The van der Waals surface area contributed by atoms with Crippen LogP contribution in [0.25, 0.3) is 21.9 Å². The van der Waals surface area contributed by atoms with Crippen molar-refractivity contribution < 1.29 is 50.9 Å². The van der Waals surface area contributed by atoms with Crippen LogP contribution < -0.4 is 14.2 Å². The van der Waals surface area contributed by atoms with Crippen LogP contribution in [0.4, 0.5) is 18.9 Å². The van der Waals surface area contributed by atoms with Gasteiger partial charge in [-0.2, -0.15) is 18.4 Å². The van der Waals surface area contributed by atoms with E-state index in [1.807, 2.05) is 32.0 Å². The number of fused-ring (bicyclic) bond motifs is 1. The number of ether oxygens (including phenoxy) is 2. The number of carbonyl (C=O) groups is 2. The van der Waals surface area contributed by atoms with E-state index in [9.17, 15) is 36.8 Å². The third-order valence-electron chi connectivity index (χ3n) is 7.12. The number of sulfonamides is 1. The molecule has 264 valence electrons. The molecule has 0 bridgehead atoms. The van der Waals surface area contributed by atoms with Crippen molar-refractivity contribution in [3.05, 3.63) is 114 Å². The monoisotopic (exact) mass is 720 g/mol. The van der Waals surface area contributed by atoms with E-state index in [0.29, 0.717) is 46.1 Å². The molecule has 0 heterocycles. The number of aliphatic carboxylic acids is 1. The average Bonchev–Trinajstić information content (AvgIpc) is 3.07. The number of benzene rings is 5. The smallest absolute Gasteiger partial charge is 0.490 e. The lowest BCUT2D eigenvalue weighted by Gasteiger charge is -2.17. The number of nitrogens with zero attached hydrogens (tertiary/aromatic N) is 1. The van der Waals surface area contributed by atoms with Crippen molar-refractivity contribution in [3.63, 3.8) is 0 Å². The summed E-state index contributed by atoms with van der Waals surface area (Å²) in [5, 5.41) is 28.2. The van der Waals surface area contributed by atoms with E-state index in [1.165, 1.54) is 12.1 Å². The molecule has 0 aliphatic heterocycles. The van der Waals surface area contributed by atoms with Gasteiger partial charge >= 0.3 is 18.1 Å². The number of anilines is 1. The van der Waals surface area contributed by atoms with Crippen molar-refractivity contribution in [2.24, 2.45) is 5.92 Å². The van der Waals surface area contributed by atoms with Gasteiger partial charge in [-0.1, -0.05) is 44.2 Å². The first kappa shape index (κ1) is 37.7. The van der Waals surface area contributed by atoms with Crippen LogP contribution >= 0.6 is 0 Å². The zero-order valence-corrected chi connectivity index (χ0v) is 28.2. The lowest BCUT2D eigenvalue weighted by atomic mass is 9.98. The lowest BCUT2D eigenvalue weighted by Crippen LogP contribution is -2.21. The average molecular weight is 721 g/mol. The molecule has 0 atom stereocenters. The Morgan fingerprint density at radius 1 is 0.863 bits per heavy atom. The van der Waals surface area contributed by atoms with Gasteiger partial charge in [0.15, 0.2) is 0 Å². The minimum atomic E-state index is -5.08. The van der Waals surface area contributed by atoms with Crippen molar-refractivity contribution in [1.29, 1.82) is 5.26 Å². The van der Waals surface area contributed by atoms with Gasteiger partial charge in [-0.25, -0.2) is 18.0 Å². The normalized spacial score (nSPS) is 11.3. The van der Waals surface area contributed by atoms with Crippen LogP contribution in [-0.2, 0) is 14.8 Å². The third kappa shape index (κ3) is 9.77. The summed E-state index contributed by atoms with van der Waals surface area (Å²) in [7, 11) is -3.94. The predicted molar refractivity (Wildman–Crippen MR) is 184 cm³/mol. The van der Waals surface area contributed by atoms with E-state index >= 15 is 0 Å². The van der Waals surface area contributed by atoms with Gasteiger partial charge in [-0.15, -0.1) is 0 Å². The number of aryl methyl sites for hydroxylation is 1. The van der Waals surface area contributed by atoms with Gasteiger partial charge < -0.3 is 19.7 Å². The molecule has 0 aliphatic carbocycles. The van der Waals surface area contributed by atoms with E-state index in [2.05, 4.69) is 10.8 Å². The van der Waals surface area contributed by atoms with Gasteiger partial charge in [-0.05, 0) is 95.9 Å². The van der Waals surface area contributed by atoms with E-state index < -0.39 is 28.1 Å². The number of hydrogen-bond acceptors (Lipinski definition) is 7. The number of nitriles is 1. The Morgan fingerprint density at radius 3 is 2.14 bits per heavy atom. The molecule has 0 unspecified atom stereocenters. The van der Waals surface area contributed by atoms with Crippen molar-refractivity contribution in [2.45, 2.75) is 31.8 Å². The predicted octanol–water partition coefficient (Wildman–Crippen LogP) is 8.65. The van der Waals surface area contributed by atoms with Crippen LogP contribution in [-0.4, -0.2) is 43.4 Å². The first-order chi connectivity index (χ1) is 24.0. The highest BCUT2D eigenvalue weighted by Gasteiger charge is 2.38. The molecule has 0 amide bonds. The van der Waals surface area contributed by atoms with Crippen molar-refractivity contribution in [1.82, 2.24) is 0 Å². The Hall–Kier alpha value is -6.07. The van der Waals surface area contributed by atoms with E-state index in [-0.39, 0.29) is 22.1 Å². The van der Waals surface area contributed by atoms with Crippen LogP contribution in [0.5, 0.6) is 17.2 Å². The summed E-state index contributed by atoms with van der Waals surface area (Å²) in [5.41, 5.74) is 2.01. The lowest BCUT2D eigenvalue weighted by molar-refractivity contribution is -0.192. The van der Waals surface area contributed by atoms with Gasteiger partial charge in [0.1, 0.15) is 17.2 Å². The number of carboxylic acids is 2. The molecule has 5 rings (SSSR count). The Kier molecular flexibility index (Phi) is 11.6. The minimum absolute atomic E-state index is 0.0300. The number of halogens is 3. The summed E-state index contributed by atoms with van der Waals surface area (Å²) in [6.45, 7) is 6.12. The molecule has 0 aromatic heterocycles. The molecular formula is C37H31F3N2O8S. The summed E-state index contributed by atoms with van der Waals surface area (Å²) in [4.78, 5) is 21.5. The first-order valence-electron chi connectivity index (χ1n) is 15.1. The maximum atomic E-state index is 13.3. The van der Waals surface area contributed by atoms with Crippen molar-refractivity contribution in [3.8, 4) is 34.4 Å². The second-order valence-electron chi connectivity index (χ2n) is 11.5. The molecular weight excluding hydrogens is 689 g/mol. The molecule has 5 aromatic rings. The minimum Gasteiger partial charge on any atom is -0.493 e. The number of rotatable bonds is 10. The Balaban J connectivity index is 0.000000755. The van der Waals surface area contributed by atoms with Gasteiger partial charge in [-0.3, -0.25) is 4.72 Å². The van der Waals surface area contributed by atoms with Crippen LogP contribution in [0.2, 0.25) is 0 Å². The number of alkyl halides is 3. The molecule has 0 saturated heterocycles. The molecule has 0 fully saturated rings. The van der Waals surface area contributed by atoms with Gasteiger partial charge in [0.05, 0.1) is 28.7 Å². The number of nitrogens with one attached hydrogen (secondary N) is 1. The standard InChI is InChI=1S/C35H30N2O6S.C2HF3O2/c1-22(2)21-42-28-13-14-30(32(19-28)35(38)39)31-18-27(37-44(40,41)34-7-5-4-6-23(34)3)11-15-33(31)43-29-12-10-25-16-24(20-36)8-9-26(25)17-29;3-2(4,5)1(6)7/h4-19,22,37H,21H2,1-3H3,(H,38,39);(H,6,7). The highest BCUT2D eigenvalue weighted by atomic mass is 32.2. The van der Waals surface area contributed by atoms with Crippen molar-refractivity contribution in [2.75, 3.05) is 11.3 Å². The fourth-order valence-corrected chi connectivity index (χ4v) is 6.03. The summed E-state index contributed by atoms with van der Waals surface area (Å²) in [6, 6.07) is 29.0. The fraction of sp³-hybridized carbons (Fsp3) is 0.162. The quantitative estimate of drug-likeness (QED) is 0.128. The van der Waals surface area contributed by atoms with Gasteiger partial charge in [0, 0.05) is 16.8 Å². The van der Waals surface area contributed by atoms with Crippen LogP contribution in [0.15, 0.2) is 102 Å². The highest BCUT2D eigenvalue weighted by molar-refractivity contribution is 7.92. The summed E-state index contributed by atoms with van der Waals surface area (Å²) < 4.78 is 73.0. The second kappa shape index (κ2) is 15.6. The molecule has 0 aliphatic rings. The maximum absolute atomic E-state index is 13.3. The van der Waals surface area contributed by atoms with E-state index in [1.54, 1.807) is 73.7 Å². The molecule has 0 saturated carbocycles. The fourth-order valence-electron chi connectivity index (χ4n) is 4.73. The topological polar surface area (TPSA) is 163 Å². The number of carboxylic acid groups (broad SMARTS) is 2. The molecule has 0 spiro atoms. The van der Waals surface area contributed by atoms with Gasteiger partial charge in [0.25, 0.3) is 10.0 Å². The summed E-state index contributed by atoms with van der Waals surface area (Å²) in [5.74, 6) is -2.49. The second-order valence-corrected chi connectivity index (χ2v) is 13.2. The first-order valence-corrected chi connectivity index (χ1v) is 16.6. The molecule has 51 heavy (non-hydrogen) atoms. The molecule has 10 nitrogen and oxygen atoms in total. The van der Waals surface area contributed by atoms with Crippen molar-refractivity contribution >= 4 is 38.4 Å². The van der Waals surface area contributed by atoms with Gasteiger partial charge in [0.2, 0.25) is 0 Å². The number of aromatic carboxylic acids is 1. The summed E-state index contributed by atoms with van der Waals surface area (Å²) >= 11 is 0. The van der Waals surface area contributed by atoms with E-state index in [4.69, 9.17) is 19.4 Å². The Labute approximate surface area is 291 Å². The zero-order valence-electron chi connectivity index (χ0n) is 27.4. The SMILES string of the molecule is Cc1ccccc1S(=O)(=O)Nc1ccc(Oc2ccc3cc(C#N)ccc3c2)c(-c2ccc(OCC(C)C)cc2C(=O)O)c1.O=C(O)C(F)(F)F. The highest BCUT2D eigenvalue weighted by Crippen LogP contribution is 2.39.